The number of benzene rings is 1. The first-order chi connectivity index (χ1) is 8.49. The van der Waals surface area contributed by atoms with E-state index in [1.807, 2.05) is 32.2 Å². The highest BCUT2D eigenvalue weighted by Gasteiger charge is 2.12. The SMILES string of the molecule is CC(CN(C)Cc1ccccc1)NC(=O)[C@H](C)N. The third-order valence-corrected chi connectivity index (χ3v) is 2.68. The van der Waals surface area contributed by atoms with E-state index >= 15 is 0 Å². The number of rotatable bonds is 6. The number of hydrogen-bond acceptors (Lipinski definition) is 3. The fourth-order valence-corrected chi connectivity index (χ4v) is 1.85. The van der Waals surface area contributed by atoms with Gasteiger partial charge in [-0.05, 0) is 26.5 Å². The molecule has 0 saturated heterocycles. The van der Waals surface area contributed by atoms with Crippen molar-refractivity contribution in [3.63, 3.8) is 0 Å². The van der Waals surface area contributed by atoms with E-state index in [-0.39, 0.29) is 11.9 Å². The van der Waals surface area contributed by atoms with Crippen molar-refractivity contribution < 1.29 is 4.79 Å². The van der Waals surface area contributed by atoms with Gasteiger partial charge in [0, 0.05) is 19.1 Å². The van der Waals surface area contributed by atoms with Crippen molar-refractivity contribution in [3.8, 4) is 0 Å². The van der Waals surface area contributed by atoms with Gasteiger partial charge in [-0.1, -0.05) is 30.3 Å². The molecule has 1 amide bonds. The third-order valence-electron chi connectivity index (χ3n) is 2.68. The normalized spacial score (nSPS) is 14.3. The molecule has 0 aliphatic rings. The average Bonchev–Trinajstić information content (AvgIpc) is 2.29. The molecule has 2 atom stereocenters. The fraction of sp³-hybridized carbons (Fsp3) is 0.500. The van der Waals surface area contributed by atoms with Crippen molar-refractivity contribution in [2.45, 2.75) is 32.5 Å². The molecule has 0 aromatic heterocycles. The molecule has 4 nitrogen and oxygen atoms in total. The summed E-state index contributed by atoms with van der Waals surface area (Å²) in [4.78, 5) is 13.6. The molecule has 0 bridgehead atoms. The number of likely N-dealkylation sites (N-methyl/N-ethyl adjacent to an activating group) is 1. The second-order valence-electron chi connectivity index (χ2n) is 4.88. The van der Waals surface area contributed by atoms with Crippen LogP contribution in [-0.4, -0.2) is 36.5 Å². The largest absolute Gasteiger partial charge is 0.351 e. The Morgan fingerprint density at radius 1 is 1.33 bits per heavy atom. The first kappa shape index (κ1) is 14.7. The van der Waals surface area contributed by atoms with Crippen molar-refractivity contribution in [2.24, 2.45) is 5.73 Å². The Labute approximate surface area is 109 Å². The van der Waals surface area contributed by atoms with Gasteiger partial charge in [0.15, 0.2) is 0 Å². The van der Waals surface area contributed by atoms with Crippen LogP contribution in [0.5, 0.6) is 0 Å². The topological polar surface area (TPSA) is 58.4 Å². The highest BCUT2D eigenvalue weighted by molar-refractivity contribution is 5.81. The molecule has 100 valence electrons. The van der Waals surface area contributed by atoms with Gasteiger partial charge in [-0.15, -0.1) is 0 Å². The van der Waals surface area contributed by atoms with Gasteiger partial charge in [-0.25, -0.2) is 0 Å². The molecule has 0 fully saturated rings. The predicted octanol–water partition coefficient (Wildman–Crippen LogP) is 0.970. The Kier molecular flexibility index (Phi) is 5.82. The summed E-state index contributed by atoms with van der Waals surface area (Å²) in [6.07, 6.45) is 0. The molecule has 3 N–H and O–H groups in total. The second kappa shape index (κ2) is 7.13. The smallest absolute Gasteiger partial charge is 0.236 e. The summed E-state index contributed by atoms with van der Waals surface area (Å²) in [7, 11) is 2.04. The van der Waals surface area contributed by atoms with Crippen LogP contribution in [0.4, 0.5) is 0 Å². The lowest BCUT2D eigenvalue weighted by Crippen LogP contribution is -2.46. The summed E-state index contributed by atoms with van der Waals surface area (Å²) in [5, 5.41) is 2.89. The molecular formula is C14H23N3O. The third kappa shape index (κ3) is 5.29. The van der Waals surface area contributed by atoms with Crippen LogP contribution >= 0.6 is 0 Å². The van der Waals surface area contributed by atoms with Crippen LogP contribution in [0.1, 0.15) is 19.4 Å². The van der Waals surface area contributed by atoms with E-state index in [0.717, 1.165) is 13.1 Å². The number of nitrogens with zero attached hydrogens (tertiary/aromatic N) is 1. The standard InChI is InChI=1S/C14H23N3O/c1-11(16-14(18)12(2)15)9-17(3)10-13-7-5-4-6-8-13/h4-8,11-12H,9-10,15H2,1-3H3,(H,16,18)/t11?,12-/m0/s1. The first-order valence-corrected chi connectivity index (χ1v) is 6.27. The van der Waals surface area contributed by atoms with E-state index in [9.17, 15) is 4.79 Å². The molecule has 4 heteroatoms. The van der Waals surface area contributed by atoms with E-state index in [1.165, 1.54) is 5.56 Å². The molecule has 0 saturated carbocycles. The summed E-state index contributed by atoms with van der Waals surface area (Å²) >= 11 is 0. The Morgan fingerprint density at radius 3 is 2.50 bits per heavy atom. The lowest BCUT2D eigenvalue weighted by atomic mass is 10.2. The monoisotopic (exact) mass is 249 g/mol. The Morgan fingerprint density at radius 2 is 1.94 bits per heavy atom. The van der Waals surface area contributed by atoms with E-state index < -0.39 is 6.04 Å². The number of carbonyl (C=O) groups is 1. The van der Waals surface area contributed by atoms with Gasteiger partial charge < -0.3 is 16.0 Å². The summed E-state index contributed by atoms with van der Waals surface area (Å²) in [6, 6.07) is 9.91. The quantitative estimate of drug-likeness (QED) is 0.790. The van der Waals surface area contributed by atoms with E-state index in [2.05, 4.69) is 22.3 Å². The Hall–Kier alpha value is -1.39. The average molecular weight is 249 g/mol. The van der Waals surface area contributed by atoms with E-state index in [4.69, 9.17) is 5.73 Å². The van der Waals surface area contributed by atoms with Crippen molar-refractivity contribution in [2.75, 3.05) is 13.6 Å². The molecule has 0 spiro atoms. The summed E-state index contributed by atoms with van der Waals surface area (Å²) < 4.78 is 0. The molecule has 0 radical (unpaired) electrons. The fourth-order valence-electron chi connectivity index (χ4n) is 1.85. The number of nitrogens with one attached hydrogen (secondary N) is 1. The second-order valence-corrected chi connectivity index (χ2v) is 4.88. The zero-order valence-electron chi connectivity index (χ0n) is 11.4. The molecule has 0 heterocycles. The van der Waals surface area contributed by atoms with Crippen LogP contribution in [0.25, 0.3) is 0 Å². The van der Waals surface area contributed by atoms with Crippen LogP contribution in [0.3, 0.4) is 0 Å². The van der Waals surface area contributed by atoms with Crippen molar-refractivity contribution in [1.29, 1.82) is 0 Å². The molecule has 1 rings (SSSR count). The first-order valence-electron chi connectivity index (χ1n) is 6.27. The summed E-state index contributed by atoms with van der Waals surface area (Å²) in [6.45, 7) is 5.35. The zero-order chi connectivity index (χ0) is 13.5. The lowest BCUT2D eigenvalue weighted by Gasteiger charge is -2.22. The minimum Gasteiger partial charge on any atom is -0.351 e. The minimum absolute atomic E-state index is 0.0946. The number of hydrogen-bond donors (Lipinski definition) is 2. The molecule has 1 aromatic carbocycles. The zero-order valence-corrected chi connectivity index (χ0v) is 11.4. The minimum atomic E-state index is -0.452. The van der Waals surface area contributed by atoms with Gasteiger partial charge in [0.25, 0.3) is 0 Å². The van der Waals surface area contributed by atoms with Crippen LogP contribution in [0.2, 0.25) is 0 Å². The van der Waals surface area contributed by atoms with Gasteiger partial charge in [-0.3, -0.25) is 4.79 Å². The van der Waals surface area contributed by atoms with Crippen LogP contribution in [-0.2, 0) is 11.3 Å². The molecule has 0 aliphatic heterocycles. The predicted molar refractivity (Wildman–Crippen MR) is 74.0 cm³/mol. The highest BCUT2D eigenvalue weighted by Crippen LogP contribution is 2.03. The Bertz CT molecular complexity index is 365. The Balaban J connectivity index is 2.36. The maximum atomic E-state index is 11.4. The highest BCUT2D eigenvalue weighted by atomic mass is 16.2. The molecule has 1 aromatic rings. The molecule has 18 heavy (non-hydrogen) atoms. The summed E-state index contributed by atoms with van der Waals surface area (Å²) in [5.41, 5.74) is 6.78. The van der Waals surface area contributed by atoms with Crippen LogP contribution in [0.15, 0.2) is 30.3 Å². The van der Waals surface area contributed by atoms with Crippen molar-refractivity contribution >= 4 is 5.91 Å². The van der Waals surface area contributed by atoms with Crippen LogP contribution in [0, 0.1) is 0 Å². The van der Waals surface area contributed by atoms with Gasteiger partial charge >= 0.3 is 0 Å². The number of carbonyl (C=O) groups excluding carboxylic acids is 1. The molecular weight excluding hydrogens is 226 g/mol. The number of amides is 1. The number of nitrogens with two attached hydrogens (primary N) is 1. The van der Waals surface area contributed by atoms with Gasteiger partial charge in [0.05, 0.1) is 6.04 Å². The lowest BCUT2D eigenvalue weighted by molar-refractivity contribution is -0.122. The van der Waals surface area contributed by atoms with Crippen molar-refractivity contribution in [3.05, 3.63) is 35.9 Å². The molecule has 0 aliphatic carbocycles. The van der Waals surface area contributed by atoms with Gasteiger partial charge in [0.2, 0.25) is 5.91 Å². The van der Waals surface area contributed by atoms with Crippen molar-refractivity contribution in [1.82, 2.24) is 10.2 Å². The van der Waals surface area contributed by atoms with Crippen LogP contribution < -0.4 is 11.1 Å². The van der Waals surface area contributed by atoms with E-state index in [0.29, 0.717) is 0 Å². The maximum Gasteiger partial charge on any atom is 0.236 e. The van der Waals surface area contributed by atoms with Gasteiger partial charge in [-0.2, -0.15) is 0 Å². The summed E-state index contributed by atoms with van der Waals surface area (Å²) in [5.74, 6) is -0.101. The van der Waals surface area contributed by atoms with E-state index in [1.54, 1.807) is 6.92 Å². The molecule has 1 unspecified atom stereocenters. The maximum absolute atomic E-state index is 11.4. The van der Waals surface area contributed by atoms with Gasteiger partial charge in [0.1, 0.15) is 0 Å².